The predicted molar refractivity (Wildman–Crippen MR) is 77.4 cm³/mol. The summed E-state index contributed by atoms with van der Waals surface area (Å²) in [4.78, 5) is 17.9. The van der Waals surface area contributed by atoms with Gasteiger partial charge in [0.1, 0.15) is 6.10 Å². The molecule has 0 aliphatic carbocycles. The molecule has 1 amide bonds. The van der Waals surface area contributed by atoms with Crippen LogP contribution in [-0.4, -0.2) is 41.0 Å². The molecule has 1 aliphatic heterocycles. The van der Waals surface area contributed by atoms with Crippen LogP contribution in [0.4, 0.5) is 0 Å². The van der Waals surface area contributed by atoms with Crippen molar-refractivity contribution in [2.75, 3.05) is 13.1 Å². The number of nitrogens with two attached hydrogens (primary N) is 1. The summed E-state index contributed by atoms with van der Waals surface area (Å²) in [6.07, 6.45) is 5.65. The van der Waals surface area contributed by atoms with Crippen molar-refractivity contribution < 1.29 is 9.53 Å². The highest BCUT2D eigenvalue weighted by Crippen LogP contribution is 2.20. The van der Waals surface area contributed by atoms with E-state index in [1.807, 2.05) is 18.2 Å². The first-order valence-electron chi connectivity index (χ1n) is 7.31. The van der Waals surface area contributed by atoms with Gasteiger partial charge >= 0.3 is 0 Å². The lowest BCUT2D eigenvalue weighted by Gasteiger charge is -2.24. The Morgan fingerprint density at radius 3 is 3.10 bits per heavy atom. The molecule has 1 saturated heterocycles. The average molecular weight is 277 g/mol. The molecule has 2 heterocycles. The molecular formula is C15H23N3O2. The Bertz CT molecular complexity index is 424. The van der Waals surface area contributed by atoms with E-state index < -0.39 is 0 Å². The van der Waals surface area contributed by atoms with Crippen molar-refractivity contribution in [1.82, 2.24) is 9.88 Å². The smallest absolute Gasteiger partial charge is 0.234 e. The van der Waals surface area contributed by atoms with Crippen molar-refractivity contribution in [3.63, 3.8) is 0 Å². The summed E-state index contributed by atoms with van der Waals surface area (Å²) >= 11 is 0. The Hall–Kier alpha value is -1.62. The van der Waals surface area contributed by atoms with Crippen LogP contribution >= 0.6 is 0 Å². The fourth-order valence-corrected chi connectivity index (χ4v) is 2.62. The second-order valence-corrected chi connectivity index (χ2v) is 5.25. The van der Waals surface area contributed by atoms with Crippen LogP contribution in [0, 0.1) is 0 Å². The zero-order valence-corrected chi connectivity index (χ0v) is 12.0. The van der Waals surface area contributed by atoms with Crippen molar-refractivity contribution in [3.8, 4) is 5.88 Å². The maximum absolute atomic E-state index is 11.6. The highest BCUT2D eigenvalue weighted by Gasteiger charge is 2.32. The third-order valence-corrected chi connectivity index (χ3v) is 3.70. The quantitative estimate of drug-likeness (QED) is 0.821. The topological polar surface area (TPSA) is 68.5 Å². The van der Waals surface area contributed by atoms with Gasteiger partial charge in [0.2, 0.25) is 11.8 Å². The monoisotopic (exact) mass is 277 g/mol. The van der Waals surface area contributed by atoms with Crippen molar-refractivity contribution in [2.45, 2.75) is 44.8 Å². The first kappa shape index (κ1) is 14.8. The molecule has 0 bridgehead atoms. The molecular weight excluding hydrogens is 254 g/mol. The Balaban J connectivity index is 1.88. The van der Waals surface area contributed by atoms with Gasteiger partial charge in [-0.1, -0.05) is 25.8 Å². The van der Waals surface area contributed by atoms with Crippen LogP contribution in [0.25, 0.3) is 0 Å². The minimum Gasteiger partial charge on any atom is -0.473 e. The highest BCUT2D eigenvalue weighted by atomic mass is 16.5. The number of carbonyl (C=O) groups is 1. The number of nitrogens with zero attached hydrogens (tertiary/aromatic N) is 2. The number of rotatable bonds is 7. The molecule has 5 heteroatoms. The van der Waals surface area contributed by atoms with Gasteiger partial charge < -0.3 is 10.5 Å². The summed E-state index contributed by atoms with van der Waals surface area (Å²) in [6, 6.07) is 5.46. The van der Waals surface area contributed by atoms with Gasteiger partial charge in [-0.05, 0) is 18.9 Å². The summed E-state index contributed by atoms with van der Waals surface area (Å²) < 4.78 is 5.84. The largest absolute Gasteiger partial charge is 0.473 e. The van der Waals surface area contributed by atoms with E-state index in [-0.39, 0.29) is 18.1 Å². The minimum absolute atomic E-state index is 0.0911. The van der Waals surface area contributed by atoms with Gasteiger partial charge in [-0.2, -0.15) is 0 Å². The fraction of sp³-hybridized carbons (Fsp3) is 0.600. The van der Waals surface area contributed by atoms with Gasteiger partial charge in [0.25, 0.3) is 0 Å². The summed E-state index contributed by atoms with van der Waals surface area (Å²) in [5.74, 6) is 0.417. The fourth-order valence-electron chi connectivity index (χ4n) is 2.62. The molecule has 1 fully saturated rings. The molecule has 2 atom stereocenters. The van der Waals surface area contributed by atoms with Crippen LogP contribution in [0.3, 0.4) is 0 Å². The van der Waals surface area contributed by atoms with Crippen LogP contribution in [0.2, 0.25) is 0 Å². The van der Waals surface area contributed by atoms with Crippen molar-refractivity contribution in [3.05, 3.63) is 24.4 Å². The number of ether oxygens (including phenoxy) is 1. The number of amides is 1. The molecule has 5 nitrogen and oxygen atoms in total. The molecule has 2 N–H and O–H groups in total. The normalized spacial score (nSPS) is 20.8. The molecule has 1 aromatic heterocycles. The number of aromatic nitrogens is 1. The first-order valence-corrected chi connectivity index (χ1v) is 7.31. The maximum Gasteiger partial charge on any atom is 0.234 e. The van der Waals surface area contributed by atoms with E-state index in [0.29, 0.717) is 5.88 Å². The van der Waals surface area contributed by atoms with Gasteiger partial charge in [-0.3, -0.25) is 9.69 Å². The van der Waals surface area contributed by atoms with Crippen molar-refractivity contribution in [2.24, 2.45) is 5.73 Å². The molecule has 20 heavy (non-hydrogen) atoms. The van der Waals surface area contributed by atoms with E-state index in [2.05, 4.69) is 16.8 Å². The SMILES string of the molecule is CCCC[C@@H](C(N)=O)N1CC[C@H](Oc2ccccn2)C1. The number of hydrogen-bond acceptors (Lipinski definition) is 4. The van der Waals surface area contributed by atoms with Crippen molar-refractivity contribution >= 4 is 5.91 Å². The Labute approximate surface area is 120 Å². The van der Waals surface area contributed by atoms with Crippen LogP contribution in [0.1, 0.15) is 32.6 Å². The van der Waals surface area contributed by atoms with E-state index in [1.54, 1.807) is 6.20 Å². The lowest BCUT2D eigenvalue weighted by molar-refractivity contribution is -0.123. The molecule has 1 aromatic rings. The molecule has 0 aromatic carbocycles. The summed E-state index contributed by atoms with van der Waals surface area (Å²) in [7, 11) is 0. The molecule has 0 spiro atoms. The number of unbranched alkanes of at least 4 members (excludes halogenated alkanes) is 1. The third kappa shape index (κ3) is 3.93. The lowest BCUT2D eigenvalue weighted by atomic mass is 10.1. The zero-order chi connectivity index (χ0) is 14.4. The highest BCUT2D eigenvalue weighted by molar-refractivity contribution is 5.79. The van der Waals surface area contributed by atoms with Crippen LogP contribution < -0.4 is 10.5 Å². The van der Waals surface area contributed by atoms with Gasteiger partial charge in [-0.25, -0.2) is 4.98 Å². The Morgan fingerprint density at radius 2 is 2.45 bits per heavy atom. The maximum atomic E-state index is 11.6. The van der Waals surface area contributed by atoms with Gasteiger partial charge in [0.15, 0.2) is 0 Å². The first-order chi connectivity index (χ1) is 9.70. The summed E-state index contributed by atoms with van der Waals surface area (Å²) in [5.41, 5.74) is 5.52. The number of primary amides is 1. The van der Waals surface area contributed by atoms with E-state index in [9.17, 15) is 4.79 Å². The molecule has 0 radical (unpaired) electrons. The summed E-state index contributed by atoms with van der Waals surface area (Å²) in [6.45, 7) is 3.72. The average Bonchev–Trinajstić information content (AvgIpc) is 2.88. The Morgan fingerprint density at radius 1 is 1.60 bits per heavy atom. The zero-order valence-electron chi connectivity index (χ0n) is 12.0. The lowest BCUT2D eigenvalue weighted by Crippen LogP contribution is -2.44. The molecule has 0 unspecified atom stereocenters. The van der Waals surface area contributed by atoms with E-state index in [0.717, 1.165) is 38.8 Å². The van der Waals surface area contributed by atoms with Crippen LogP contribution in [-0.2, 0) is 4.79 Å². The van der Waals surface area contributed by atoms with Crippen molar-refractivity contribution in [1.29, 1.82) is 0 Å². The summed E-state index contributed by atoms with van der Waals surface area (Å²) in [5, 5.41) is 0. The third-order valence-electron chi connectivity index (χ3n) is 3.70. The van der Waals surface area contributed by atoms with E-state index >= 15 is 0 Å². The molecule has 110 valence electrons. The molecule has 1 aliphatic rings. The minimum atomic E-state index is -0.225. The van der Waals surface area contributed by atoms with Crippen LogP contribution in [0.5, 0.6) is 5.88 Å². The number of likely N-dealkylation sites (tertiary alicyclic amines) is 1. The van der Waals surface area contributed by atoms with E-state index in [4.69, 9.17) is 10.5 Å². The second kappa shape index (κ2) is 7.24. The molecule has 2 rings (SSSR count). The Kier molecular flexibility index (Phi) is 5.35. The number of carbonyl (C=O) groups excluding carboxylic acids is 1. The number of hydrogen-bond donors (Lipinski definition) is 1. The standard InChI is InChI=1S/C15H23N3O2/c1-2-3-6-13(15(16)19)18-10-8-12(11-18)20-14-7-4-5-9-17-14/h4-5,7,9,12-13H,2-3,6,8,10-11H2,1H3,(H2,16,19)/t12-,13-/m0/s1. The van der Waals surface area contributed by atoms with Crippen LogP contribution in [0.15, 0.2) is 24.4 Å². The van der Waals surface area contributed by atoms with E-state index in [1.165, 1.54) is 0 Å². The predicted octanol–water partition coefficient (Wildman–Crippen LogP) is 1.58. The van der Waals surface area contributed by atoms with Gasteiger partial charge in [0, 0.05) is 25.4 Å². The second-order valence-electron chi connectivity index (χ2n) is 5.25. The van der Waals surface area contributed by atoms with Gasteiger partial charge in [-0.15, -0.1) is 0 Å². The number of pyridine rings is 1. The van der Waals surface area contributed by atoms with Gasteiger partial charge in [0.05, 0.1) is 6.04 Å². The molecule has 0 saturated carbocycles.